The van der Waals surface area contributed by atoms with Crippen molar-refractivity contribution in [1.29, 1.82) is 0 Å². The summed E-state index contributed by atoms with van der Waals surface area (Å²) in [5.41, 5.74) is 2.85. The van der Waals surface area contributed by atoms with E-state index in [4.69, 9.17) is 4.52 Å². The summed E-state index contributed by atoms with van der Waals surface area (Å²) < 4.78 is 5.34. The first-order valence-corrected chi connectivity index (χ1v) is 7.63. The Balaban J connectivity index is 1.48. The van der Waals surface area contributed by atoms with Crippen molar-refractivity contribution in [1.82, 2.24) is 10.5 Å². The molecule has 4 nitrogen and oxygen atoms in total. The lowest BCUT2D eigenvalue weighted by Crippen LogP contribution is -2.27. The molecule has 3 aromatic rings. The van der Waals surface area contributed by atoms with E-state index >= 15 is 0 Å². The molecule has 0 spiro atoms. The van der Waals surface area contributed by atoms with Gasteiger partial charge in [-0.15, -0.1) is 0 Å². The zero-order chi connectivity index (χ0) is 15.9. The number of carbonyl (C=O) groups excluding carboxylic acids is 1. The van der Waals surface area contributed by atoms with E-state index in [1.807, 2.05) is 66.7 Å². The SMILES string of the molecule is O=C(Cc1ccccc1)NCCc1cc(-c2ccccc2)on1. The van der Waals surface area contributed by atoms with Crippen molar-refractivity contribution < 1.29 is 9.32 Å². The van der Waals surface area contributed by atoms with Crippen LogP contribution in [0.2, 0.25) is 0 Å². The Kier molecular flexibility index (Phi) is 4.84. The van der Waals surface area contributed by atoms with Crippen LogP contribution in [0, 0.1) is 0 Å². The molecule has 0 aliphatic carbocycles. The van der Waals surface area contributed by atoms with Crippen LogP contribution in [0.1, 0.15) is 11.3 Å². The van der Waals surface area contributed by atoms with Gasteiger partial charge in [0.1, 0.15) is 0 Å². The van der Waals surface area contributed by atoms with Gasteiger partial charge in [-0.25, -0.2) is 0 Å². The van der Waals surface area contributed by atoms with Gasteiger partial charge in [-0.1, -0.05) is 65.8 Å². The average Bonchev–Trinajstić information content (AvgIpc) is 3.05. The van der Waals surface area contributed by atoms with Crippen molar-refractivity contribution in [3.63, 3.8) is 0 Å². The summed E-state index contributed by atoms with van der Waals surface area (Å²) >= 11 is 0. The van der Waals surface area contributed by atoms with Crippen LogP contribution >= 0.6 is 0 Å². The molecule has 1 N–H and O–H groups in total. The Morgan fingerprint density at radius 3 is 2.43 bits per heavy atom. The molecule has 1 heterocycles. The van der Waals surface area contributed by atoms with Crippen LogP contribution in [-0.2, 0) is 17.6 Å². The minimum Gasteiger partial charge on any atom is -0.356 e. The van der Waals surface area contributed by atoms with E-state index in [9.17, 15) is 4.79 Å². The van der Waals surface area contributed by atoms with E-state index in [1.54, 1.807) is 0 Å². The minimum atomic E-state index is 0.0166. The van der Waals surface area contributed by atoms with Crippen molar-refractivity contribution in [3.05, 3.63) is 78.0 Å². The third-order valence-electron chi connectivity index (χ3n) is 3.53. The molecule has 0 fully saturated rings. The van der Waals surface area contributed by atoms with Crippen LogP contribution in [0.5, 0.6) is 0 Å². The summed E-state index contributed by atoms with van der Waals surface area (Å²) in [6.07, 6.45) is 1.05. The van der Waals surface area contributed by atoms with E-state index in [1.165, 1.54) is 0 Å². The molecule has 0 bridgehead atoms. The maximum Gasteiger partial charge on any atom is 0.224 e. The van der Waals surface area contributed by atoms with Crippen molar-refractivity contribution in [3.8, 4) is 11.3 Å². The van der Waals surface area contributed by atoms with Gasteiger partial charge in [0, 0.05) is 24.6 Å². The van der Waals surface area contributed by atoms with Gasteiger partial charge in [0.15, 0.2) is 5.76 Å². The topological polar surface area (TPSA) is 55.1 Å². The number of rotatable bonds is 6. The first-order chi connectivity index (χ1) is 11.3. The number of amides is 1. The van der Waals surface area contributed by atoms with Crippen molar-refractivity contribution in [2.45, 2.75) is 12.8 Å². The Bertz CT molecular complexity index is 751. The third-order valence-corrected chi connectivity index (χ3v) is 3.53. The second-order valence-electron chi connectivity index (χ2n) is 5.31. The zero-order valence-corrected chi connectivity index (χ0v) is 12.7. The molecule has 1 amide bonds. The van der Waals surface area contributed by atoms with Crippen molar-refractivity contribution >= 4 is 5.91 Å². The van der Waals surface area contributed by atoms with Gasteiger partial charge in [0.25, 0.3) is 0 Å². The lowest BCUT2D eigenvalue weighted by Gasteiger charge is -2.03. The lowest BCUT2D eigenvalue weighted by molar-refractivity contribution is -0.120. The normalized spacial score (nSPS) is 10.4. The molecule has 0 saturated heterocycles. The number of hydrogen-bond donors (Lipinski definition) is 1. The fraction of sp³-hybridized carbons (Fsp3) is 0.158. The fourth-order valence-electron chi connectivity index (χ4n) is 2.34. The van der Waals surface area contributed by atoms with E-state index in [2.05, 4.69) is 10.5 Å². The van der Waals surface area contributed by atoms with Gasteiger partial charge in [-0.2, -0.15) is 0 Å². The van der Waals surface area contributed by atoms with Crippen LogP contribution in [0.25, 0.3) is 11.3 Å². The van der Waals surface area contributed by atoms with Crippen LogP contribution in [0.4, 0.5) is 0 Å². The lowest BCUT2D eigenvalue weighted by atomic mass is 10.1. The summed E-state index contributed by atoms with van der Waals surface area (Å²) in [4.78, 5) is 11.9. The van der Waals surface area contributed by atoms with Gasteiger partial charge >= 0.3 is 0 Å². The summed E-state index contributed by atoms with van der Waals surface area (Å²) in [5, 5.41) is 6.96. The number of aromatic nitrogens is 1. The highest BCUT2D eigenvalue weighted by Gasteiger charge is 2.07. The molecule has 23 heavy (non-hydrogen) atoms. The van der Waals surface area contributed by atoms with Crippen LogP contribution in [0.3, 0.4) is 0 Å². The van der Waals surface area contributed by atoms with E-state index in [-0.39, 0.29) is 5.91 Å². The molecule has 0 unspecified atom stereocenters. The molecular weight excluding hydrogens is 288 g/mol. The number of nitrogens with one attached hydrogen (secondary N) is 1. The maximum absolute atomic E-state index is 11.9. The third kappa shape index (κ3) is 4.30. The largest absolute Gasteiger partial charge is 0.356 e. The van der Waals surface area contributed by atoms with Gasteiger partial charge in [0.05, 0.1) is 12.1 Å². The summed E-state index contributed by atoms with van der Waals surface area (Å²) in [5.74, 6) is 0.763. The highest BCUT2D eigenvalue weighted by molar-refractivity contribution is 5.78. The fourth-order valence-corrected chi connectivity index (χ4v) is 2.34. The van der Waals surface area contributed by atoms with Crippen LogP contribution in [-0.4, -0.2) is 17.6 Å². The molecule has 3 rings (SSSR count). The predicted octanol–water partition coefficient (Wildman–Crippen LogP) is 3.24. The number of hydrogen-bond acceptors (Lipinski definition) is 3. The number of benzene rings is 2. The van der Waals surface area contributed by atoms with Gasteiger partial charge in [0.2, 0.25) is 5.91 Å². The molecule has 2 aromatic carbocycles. The molecule has 0 radical (unpaired) electrons. The predicted molar refractivity (Wildman–Crippen MR) is 88.8 cm³/mol. The highest BCUT2D eigenvalue weighted by atomic mass is 16.5. The Labute approximate surface area is 135 Å². The highest BCUT2D eigenvalue weighted by Crippen LogP contribution is 2.19. The van der Waals surface area contributed by atoms with E-state index in [0.717, 1.165) is 22.6 Å². The minimum absolute atomic E-state index is 0.0166. The van der Waals surface area contributed by atoms with Gasteiger partial charge in [-0.3, -0.25) is 4.79 Å². The first-order valence-electron chi connectivity index (χ1n) is 7.63. The molecule has 0 atom stereocenters. The second kappa shape index (κ2) is 7.40. The maximum atomic E-state index is 11.9. The average molecular weight is 306 g/mol. The molecule has 0 aliphatic rings. The second-order valence-corrected chi connectivity index (χ2v) is 5.31. The number of carbonyl (C=O) groups is 1. The van der Waals surface area contributed by atoms with Gasteiger partial charge in [-0.05, 0) is 5.56 Å². The monoisotopic (exact) mass is 306 g/mol. The first kappa shape index (κ1) is 15.0. The van der Waals surface area contributed by atoms with E-state index in [0.29, 0.717) is 19.4 Å². The van der Waals surface area contributed by atoms with Crippen LogP contribution < -0.4 is 5.32 Å². The summed E-state index contributed by atoms with van der Waals surface area (Å²) in [6, 6.07) is 21.5. The Morgan fingerprint density at radius 1 is 1.00 bits per heavy atom. The van der Waals surface area contributed by atoms with Gasteiger partial charge < -0.3 is 9.84 Å². The molecule has 116 valence electrons. The smallest absolute Gasteiger partial charge is 0.224 e. The van der Waals surface area contributed by atoms with Crippen molar-refractivity contribution in [2.24, 2.45) is 0 Å². The van der Waals surface area contributed by atoms with E-state index < -0.39 is 0 Å². The molecule has 1 aromatic heterocycles. The Morgan fingerprint density at radius 2 is 1.70 bits per heavy atom. The van der Waals surface area contributed by atoms with Crippen molar-refractivity contribution in [2.75, 3.05) is 6.54 Å². The summed E-state index contributed by atoms with van der Waals surface area (Å²) in [7, 11) is 0. The standard InChI is InChI=1S/C19H18N2O2/c22-19(13-15-7-3-1-4-8-15)20-12-11-17-14-18(23-21-17)16-9-5-2-6-10-16/h1-10,14H,11-13H2,(H,20,22). The quantitative estimate of drug-likeness (QED) is 0.760. The Hall–Kier alpha value is -2.88. The number of nitrogens with zero attached hydrogens (tertiary/aromatic N) is 1. The molecular formula is C19H18N2O2. The molecule has 0 saturated carbocycles. The van der Waals surface area contributed by atoms with Crippen LogP contribution in [0.15, 0.2) is 71.3 Å². The molecule has 0 aliphatic heterocycles. The summed E-state index contributed by atoms with van der Waals surface area (Å²) in [6.45, 7) is 0.548. The molecule has 4 heteroatoms. The zero-order valence-electron chi connectivity index (χ0n) is 12.7.